The van der Waals surface area contributed by atoms with E-state index >= 15 is 0 Å². The lowest BCUT2D eigenvalue weighted by Crippen LogP contribution is -2.36. The van der Waals surface area contributed by atoms with E-state index in [4.69, 9.17) is 16.6 Å². The van der Waals surface area contributed by atoms with Crippen molar-refractivity contribution in [1.82, 2.24) is 19.5 Å². The second-order valence-corrected chi connectivity index (χ2v) is 7.55. The molecule has 2 aromatic heterocycles. The van der Waals surface area contributed by atoms with Crippen LogP contribution >= 0.6 is 11.6 Å². The van der Waals surface area contributed by atoms with Gasteiger partial charge in [-0.15, -0.1) is 0 Å². The fourth-order valence-corrected chi connectivity index (χ4v) is 3.77. The number of hydrogen-bond acceptors (Lipinski definition) is 3. The maximum Gasteiger partial charge on any atom is 0.277 e. The standard InChI is InChI=1S/C19H19ClN4O/c20-14-5-1-12(2-6-14)10-23-8-7-16-15(11-23)19(25)24-18(21-16)9-17(22-24)13-3-4-13/h1-2,5-6,9,13,22H,3-4,7-8,10-11H2. The van der Waals surface area contributed by atoms with Crippen LogP contribution in [0.15, 0.2) is 35.1 Å². The zero-order chi connectivity index (χ0) is 17.0. The van der Waals surface area contributed by atoms with E-state index in [-0.39, 0.29) is 5.56 Å². The van der Waals surface area contributed by atoms with Gasteiger partial charge in [-0.2, -0.15) is 0 Å². The van der Waals surface area contributed by atoms with Crippen LogP contribution in [0.2, 0.25) is 5.02 Å². The summed E-state index contributed by atoms with van der Waals surface area (Å²) in [6, 6.07) is 9.94. The van der Waals surface area contributed by atoms with Crippen LogP contribution in [0.3, 0.4) is 0 Å². The quantitative estimate of drug-likeness (QED) is 0.786. The first kappa shape index (κ1) is 15.2. The molecule has 5 rings (SSSR count). The highest BCUT2D eigenvalue weighted by atomic mass is 35.5. The summed E-state index contributed by atoms with van der Waals surface area (Å²) in [5, 5.41) is 4.00. The molecule has 0 radical (unpaired) electrons. The summed E-state index contributed by atoms with van der Waals surface area (Å²) in [4.78, 5) is 20.0. The molecule has 1 saturated carbocycles. The molecule has 2 aliphatic rings. The Hall–Kier alpha value is -2.11. The van der Waals surface area contributed by atoms with Gasteiger partial charge in [0.1, 0.15) is 0 Å². The maximum atomic E-state index is 12.9. The van der Waals surface area contributed by atoms with Gasteiger partial charge in [-0.05, 0) is 30.5 Å². The molecule has 1 aliphatic heterocycles. The topological polar surface area (TPSA) is 53.4 Å². The third kappa shape index (κ3) is 2.77. The van der Waals surface area contributed by atoms with E-state index in [2.05, 4.69) is 10.00 Å². The molecule has 0 saturated heterocycles. The summed E-state index contributed by atoms with van der Waals surface area (Å²) >= 11 is 5.96. The highest BCUT2D eigenvalue weighted by Crippen LogP contribution is 2.39. The van der Waals surface area contributed by atoms with Crippen molar-refractivity contribution < 1.29 is 0 Å². The molecule has 0 amide bonds. The third-order valence-corrected chi connectivity index (χ3v) is 5.45. The fourth-order valence-electron chi connectivity index (χ4n) is 3.64. The van der Waals surface area contributed by atoms with Gasteiger partial charge in [-0.3, -0.25) is 14.8 Å². The first-order valence-corrected chi connectivity index (χ1v) is 9.15. The van der Waals surface area contributed by atoms with Crippen molar-refractivity contribution in [2.75, 3.05) is 6.54 Å². The number of rotatable bonds is 3. The summed E-state index contributed by atoms with van der Waals surface area (Å²) in [7, 11) is 0. The molecule has 0 spiro atoms. The van der Waals surface area contributed by atoms with Gasteiger partial charge in [0.2, 0.25) is 0 Å². The average Bonchev–Trinajstić information content (AvgIpc) is 3.38. The molecular formula is C19H19ClN4O. The normalized spacial score (nSPS) is 17.8. The minimum Gasteiger partial charge on any atom is -0.294 e. The average molecular weight is 355 g/mol. The van der Waals surface area contributed by atoms with Gasteiger partial charge in [0.15, 0.2) is 5.65 Å². The second kappa shape index (κ2) is 5.71. The minimum atomic E-state index is 0.0488. The van der Waals surface area contributed by atoms with Crippen molar-refractivity contribution in [2.24, 2.45) is 0 Å². The van der Waals surface area contributed by atoms with Crippen molar-refractivity contribution in [3.8, 4) is 0 Å². The van der Waals surface area contributed by atoms with Crippen LogP contribution in [-0.2, 0) is 19.5 Å². The Morgan fingerprint density at radius 1 is 1.24 bits per heavy atom. The smallest absolute Gasteiger partial charge is 0.277 e. The van der Waals surface area contributed by atoms with Crippen LogP contribution in [0.4, 0.5) is 0 Å². The summed E-state index contributed by atoms with van der Waals surface area (Å²) in [6.45, 7) is 2.37. The van der Waals surface area contributed by atoms with Crippen molar-refractivity contribution in [2.45, 2.75) is 38.3 Å². The van der Waals surface area contributed by atoms with Gasteiger partial charge in [0.25, 0.3) is 5.56 Å². The van der Waals surface area contributed by atoms with E-state index in [9.17, 15) is 4.79 Å². The van der Waals surface area contributed by atoms with E-state index in [0.717, 1.165) is 47.1 Å². The van der Waals surface area contributed by atoms with Crippen molar-refractivity contribution >= 4 is 17.2 Å². The van der Waals surface area contributed by atoms with Crippen LogP contribution in [0.1, 0.15) is 41.3 Å². The van der Waals surface area contributed by atoms with Gasteiger partial charge < -0.3 is 0 Å². The number of nitrogens with one attached hydrogen (secondary N) is 1. The van der Waals surface area contributed by atoms with E-state index in [1.165, 1.54) is 18.4 Å². The molecule has 0 bridgehead atoms. The van der Waals surface area contributed by atoms with Crippen LogP contribution < -0.4 is 5.56 Å². The number of benzene rings is 1. The lowest BCUT2D eigenvalue weighted by molar-refractivity contribution is 0.241. The molecule has 1 fully saturated rings. The van der Waals surface area contributed by atoms with E-state index < -0.39 is 0 Å². The van der Waals surface area contributed by atoms with Crippen LogP contribution in [0.5, 0.6) is 0 Å². The van der Waals surface area contributed by atoms with Gasteiger partial charge in [-0.25, -0.2) is 9.50 Å². The van der Waals surface area contributed by atoms with E-state index in [1.54, 1.807) is 4.52 Å². The predicted molar refractivity (Wildman–Crippen MR) is 97.1 cm³/mol. The largest absolute Gasteiger partial charge is 0.294 e. The third-order valence-electron chi connectivity index (χ3n) is 5.20. The SMILES string of the molecule is O=c1c2c(nc3cc(C4CC4)[nH]n13)CCN(Cc1ccc(Cl)cc1)C2. The molecule has 1 aliphatic carbocycles. The van der Waals surface area contributed by atoms with Crippen LogP contribution in [-0.4, -0.2) is 26.0 Å². The van der Waals surface area contributed by atoms with Crippen LogP contribution in [0, 0.1) is 0 Å². The molecule has 25 heavy (non-hydrogen) atoms. The number of aromatic amines is 1. The summed E-state index contributed by atoms with van der Waals surface area (Å²) < 4.78 is 1.62. The van der Waals surface area contributed by atoms with E-state index in [1.807, 2.05) is 30.3 Å². The van der Waals surface area contributed by atoms with Crippen LogP contribution in [0.25, 0.3) is 5.65 Å². The maximum absolute atomic E-state index is 12.9. The predicted octanol–water partition coefficient (Wildman–Crippen LogP) is 3.11. The molecular weight excluding hydrogens is 336 g/mol. The highest BCUT2D eigenvalue weighted by Gasteiger charge is 2.27. The number of halogens is 1. The lowest BCUT2D eigenvalue weighted by Gasteiger charge is -2.27. The number of aromatic nitrogens is 3. The molecule has 3 aromatic rings. The molecule has 0 unspecified atom stereocenters. The van der Waals surface area contributed by atoms with Gasteiger partial charge in [-0.1, -0.05) is 23.7 Å². The Bertz CT molecular complexity index is 1000. The van der Waals surface area contributed by atoms with Crippen molar-refractivity contribution in [3.05, 3.63) is 68.2 Å². The first-order valence-electron chi connectivity index (χ1n) is 8.77. The lowest BCUT2D eigenvalue weighted by atomic mass is 10.1. The first-order chi connectivity index (χ1) is 12.2. The highest BCUT2D eigenvalue weighted by molar-refractivity contribution is 6.30. The molecule has 1 aromatic carbocycles. The number of nitrogens with zero attached hydrogens (tertiary/aromatic N) is 3. The minimum absolute atomic E-state index is 0.0488. The Labute approximate surface area is 150 Å². The molecule has 3 heterocycles. The zero-order valence-corrected chi connectivity index (χ0v) is 14.6. The Morgan fingerprint density at radius 2 is 2.04 bits per heavy atom. The molecule has 128 valence electrons. The van der Waals surface area contributed by atoms with Crippen molar-refractivity contribution in [3.63, 3.8) is 0 Å². The van der Waals surface area contributed by atoms with Gasteiger partial charge >= 0.3 is 0 Å². The van der Waals surface area contributed by atoms with Crippen molar-refractivity contribution in [1.29, 1.82) is 0 Å². The number of fused-ring (bicyclic) bond motifs is 2. The van der Waals surface area contributed by atoms with E-state index in [0.29, 0.717) is 12.5 Å². The number of hydrogen-bond donors (Lipinski definition) is 1. The fraction of sp³-hybridized carbons (Fsp3) is 0.368. The van der Waals surface area contributed by atoms with Gasteiger partial charge in [0.05, 0.1) is 11.3 Å². The second-order valence-electron chi connectivity index (χ2n) is 7.11. The Balaban J connectivity index is 1.45. The summed E-state index contributed by atoms with van der Waals surface area (Å²) in [5.74, 6) is 0.583. The summed E-state index contributed by atoms with van der Waals surface area (Å²) in [5.41, 5.74) is 4.94. The molecule has 6 heteroatoms. The molecule has 0 atom stereocenters. The Kier molecular flexibility index (Phi) is 3.47. The molecule has 1 N–H and O–H groups in total. The molecule has 5 nitrogen and oxygen atoms in total. The monoisotopic (exact) mass is 354 g/mol. The zero-order valence-electron chi connectivity index (χ0n) is 13.8. The Morgan fingerprint density at radius 3 is 2.80 bits per heavy atom. The van der Waals surface area contributed by atoms with Gasteiger partial charge in [0, 0.05) is 48.8 Å². The summed E-state index contributed by atoms with van der Waals surface area (Å²) in [6.07, 6.45) is 3.23. The number of H-pyrrole nitrogens is 1.